The van der Waals surface area contributed by atoms with Gasteiger partial charge in [-0.3, -0.25) is 4.79 Å². The van der Waals surface area contributed by atoms with Gasteiger partial charge in [-0.25, -0.2) is 5.43 Å². The summed E-state index contributed by atoms with van der Waals surface area (Å²) >= 11 is 0. The van der Waals surface area contributed by atoms with Gasteiger partial charge in [0.25, 0.3) is 5.91 Å². The predicted octanol–water partition coefficient (Wildman–Crippen LogP) is 2.07. The first-order valence-electron chi connectivity index (χ1n) is 7.16. The molecule has 0 unspecified atom stereocenters. The summed E-state index contributed by atoms with van der Waals surface area (Å²) in [5, 5.41) is 13.8. The van der Waals surface area contributed by atoms with Crippen molar-refractivity contribution < 1.29 is 19.4 Å². The Hall–Kier alpha value is -3.02. The summed E-state index contributed by atoms with van der Waals surface area (Å²) in [4.78, 5) is 12.1. The number of carbonyl (C=O) groups excluding carboxylic acids is 1. The molecule has 0 saturated heterocycles. The van der Waals surface area contributed by atoms with Gasteiger partial charge in [-0.05, 0) is 31.2 Å². The van der Waals surface area contributed by atoms with Crippen molar-refractivity contribution in [3.05, 3.63) is 54.1 Å². The van der Waals surface area contributed by atoms with Crippen molar-refractivity contribution in [1.82, 2.24) is 5.43 Å². The minimum absolute atomic E-state index is 0.106. The van der Waals surface area contributed by atoms with Crippen LogP contribution in [-0.2, 0) is 4.79 Å². The molecule has 3 rings (SSSR count). The van der Waals surface area contributed by atoms with Crippen molar-refractivity contribution in [3.63, 3.8) is 0 Å². The molecule has 1 aliphatic rings. The largest absolute Gasteiger partial charge is 0.507 e. The molecule has 6 nitrogen and oxygen atoms in total. The number of benzene rings is 2. The van der Waals surface area contributed by atoms with E-state index in [4.69, 9.17) is 9.47 Å². The second kappa shape index (κ2) is 6.39. The van der Waals surface area contributed by atoms with Gasteiger partial charge in [0.1, 0.15) is 12.4 Å². The summed E-state index contributed by atoms with van der Waals surface area (Å²) in [6.07, 6.45) is -0.772. The number of amides is 1. The van der Waals surface area contributed by atoms with Crippen LogP contribution in [-0.4, -0.2) is 29.4 Å². The van der Waals surface area contributed by atoms with E-state index in [-0.39, 0.29) is 12.4 Å². The molecule has 23 heavy (non-hydrogen) atoms. The standard InChI is InChI=1S/C17H16N2O4/c1-11(12-6-2-3-7-13(12)20)18-19-17(21)16-10-22-14-8-4-5-9-15(14)23-16/h2-9,16,20H,10H2,1H3,(H,19,21)/b18-11-/t16-/m1/s1. The van der Waals surface area contributed by atoms with Gasteiger partial charge in [0.2, 0.25) is 6.10 Å². The molecule has 1 atom stereocenters. The highest BCUT2D eigenvalue weighted by Crippen LogP contribution is 2.30. The molecule has 1 aliphatic heterocycles. The van der Waals surface area contributed by atoms with Gasteiger partial charge >= 0.3 is 0 Å². The van der Waals surface area contributed by atoms with Crippen LogP contribution in [0.15, 0.2) is 53.6 Å². The maximum absolute atomic E-state index is 12.1. The van der Waals surface area contributed by atoms with Crippen LogP contribution in [0.1, 0.15) is 12.5 Å². The Labute approximate surface area is 133 Å². The lowest BCUT2D eigenvalue weighted by Gasteiger charge is -2.24. The first-order chi connectivity index (χ1) is 11.1. The van der Waals surface area contributed by atoms with Gasteiger partial charge in [-0.15, -0.1) is 0 Å². The molecule has 0 radical (unpaired) electrons. The van der Waals surface area contributed by atoms with Crippen LogP contribution < -0.4 is 14.9 Å². The zero-order valence-electron chi connectivity index (χ0n) is 12.5. The van der Waals surface area contributed by atoms with E-state index in [0.717, 1.165) is 0 Å². The minimum Gasteiger partial charge on any atom is -0.507 e. The Morgan fingerprint density at radius 3 is 2.65 bits per heavy atom. The lowest BCUT2D eigenvalue weighted by molar-refractivity contribution is -0.130. The zero-order valence-corrected chi connectivity index (χ0v) is 12.5. The van der Waals surface area contributed by atoms with Crippen LogP contribution in [0.2, 0.25) is 0 Å². The molecular weight excluding hydrogens is 296 g/mol. The Bertz CT molecular complexity index is 758. The van der Waals surface area contributed by atoms with E-state index in [2.05, 4.69) is 10.5 Å². The van der Waals surface area contributed by atoms with Crippen LogP contribution in [0.25, 0.3) is 0 Å². The Morgan fingerprint density at radius 1 is 1.17 bits per heavy atom. The van der Waals surface area contributed by atoms with Crippen LogP contribution >= 0.6 is 0 Å². The van der Waals surface area contributed by atoms with Crippen molar-refractivity contribution >= 4 is 11.6 Å². The van der Waals surface area contributed by atoms with E-state index in [1.807, 2.05) is 12.1 Å². The van der Waals surface area contributed by atoms with Gasteiger partial charge in [-0.1, -0.05) is 24.3 Å². The summed E-state index contributed by atoms with van der Waals surface area (Å²) in [5.41, 5.74) is 3.49. The number of fused-ring (bicyclic) bond motifs is 1. The van der Waals surface area contributed by atoms with Crippen LogP contribution in [0.4, 0.5) is 0 Å². The third-order valence-electron chi connectivity index (χ3n) is 3.43. The first-order valence-corrected chi connectivity index (χ1v) is 7.16. The fourth-order valence-electron chi connectivity index (χ4n) is 2.20. The van der Waals surface area contributed by atoms with Crippen molar-refractivity contribution in [2.45, 2.75) is 13.0 Å². The van der Waals surface area contributed by atoms with Crippen molar-refractivity contribution in [2.75, 3.05) is 6.61 Å². The molecular formula is C17H16N2O4. The molecule has 118 valence electrons. The second-order valence-electron chi connectivity index (χ2n) is 5.05. The topological polar surface area (TPSA) is 80.2 Å². The number of para-hydroxylation sites is 3. The quantitative estimate of drug-likeness (QED) is 0.671. The number of phenols is 1. The number of rotatable bonds is 3. The summed E-state index contributed by atoms with van der Waals surface area (Å²) in [6.45, 7) is 1.82. The van der Waals surface area contributed by atoms with E-state index >= 15 is 0 Å². The number of hydrazone groups is 1. The SMILES string of the molecule is C/C(=N/NC(=O)[C@H]1COc2ccccc2O1)c1ccccc1O. The molecule has 2 aromatic carbocycles. The van der Waals surface area contributed by atoms with Crippen molar-refractivity contribution in [3.8, 4) is 17.2 Å². The maximum atomic E-state index is 12.1. The number of phenolic OH excluding ortho intramolecular Hbond substituents is 1. The fraction of sp³-hybridized carbons (Fsp3) is 0.176. The molecule has 0 aliphatic carbocycles. The Morgan fingerprint density at radius 2 is 1.87 bits per heavy atom. The summed E-state index contributed by atoms with van der Waals surface area (Å²) in [5.74, 6) is 0.842. The normalized spacial score (nSPS) is 16.7. The molecule has 2 aromatic rings. The number of aromatic hydroxyl groups is 1. The molecule has 0 fully saturated rings. The Balaban J connectivity index is 1.66. The highest BCUT2D eigenvalue weighted by Gasteiger charge is 2.27. The molecule has 0 spiro atoms. The lowest BCUT2D eigenvalue weighted by atomic mass is 10.1. The van der Waals surface area contributed by atoms with E-state index < -0.39 is 12.0 Å². The lowest BCUT2D eigenvalue weighted by Crippen LogP contribution is -2.42. The molecule has 0 saturated carbocycles. The molecule has 1 amide bonds. The van der Waals surface area contributed by atoms with E-state index in [0.29, 0.717) is 22.8 Å². The number of ether oxygens (including phenoxy) is 2. The summed E-state index contributed by atoms with van der Waals surface area (Å²) in [6, 6.07) is 13.9. The van der Waals surface area contributed by atoms with Crippen LogP contribution in [0, 0.1) is 0 Å². The smallest absolute Gasteiger partial charge is 0.284 e. The maximum Gasteiger partial charge on any atom is 0.284 e. The molecule has 1 heterocycles. The number of carbonyl (C=O) groups is 1. The average molecular weight is 312 g/mol. The molecule has 0 bridgehead atoms. The predicted molar refractivity (Wildman–Crippen MR) is 84.8 cm³/mol. The number of nitrogens with zero attached hydrogens (tertiary/aromatic N) is 1. The van der Waals surface area contributed by atoms with Crippen LogP contribution in [0.3, 0.4) is 0 Å². The monoisotopic (exact) mass is 312 g/mol. The minimum atomic E-state index is -0.772. The third-order valence-corrected chi connectivity index (χ3v) is 3.43. The molecule has 6 heteroatoms. The van der Waals surface area contributed by atoms with E-state index in [1.165, 1.54) is 0 Å². The zero-order chi connectivity index (χ0) is 16.2. The van der Waals surface area contributed by atoms with Crippen molar-refractivity contribution in [2.24, 2.45) is 5.10 Å². The van der Waals surface area contributed by atoms with E-state index in [9.17, 15) is 9.90 Å². The third kappa shape index (κ3) is 3.26. The highest BCUT2D eigenvalue weighted by molar-refractivity contribution is 6.01. The van der Waals surface area contributed by atoms with Crippen molar-refractivity contribution in [1.29, 1.82) is 0 Å². The molecule has 0 aromatic heterocycles. The number of hydrogen-bond donors (Lipinski definition) is 2. The van der Waals surface area contributed by atoms with E-state index in [1.54, 1.807) is 43.3 Å². The van der Waals surface area contributed by atoms with Gasteiger partial charge in [0.05, 0.1) is 5.71 Å². The van der Waals surface area contributed by atoms with Gasteiger partial charge < -0.3 is 14.6 Å². The first kappa shape index (κ1) is 14.9. The van der Waals surface area contributed by atoms with Crippen LogP contribution in [0.5, 0.6) is 17.2 Å². The number of nitrogens with one attached hydrogen (secondary N) is 1. The van der Waals surface area contributed by atoms with Gasteiger partial charge in [0.15, 0.2) is 11.5 Å². The summed E-state index contributed by atoms with van der Waals surface area (Å²) < 4.78 is 11.1. The second-order valence-corrected chi connectivity index (χ2v) is 5.05. The number of hydrogen-bond acceptors (Lipinski definition) is 5. The average Bonchev–Trinajstić information content (AvgIpc) is 2.59. The summed E-state index contributed by atoms with van der Waals surface area (Å²) in [7, 11) is 0. The highest BCUT2D eigenvalue weighted by atomic mass is 16.6. The van der Waals surface area contributed by atoms with Gasteiger partial charge in [0, 0.05) is 5.56 Å². The Kier molecular flexibility index (Phi) is 4.14. The fourth-order valence-corrected chi connectivity index (χ4v) is 2.20. The molecule has 2 N–H and O–H groups in total. The van der Waals surface area contributed by atoms with Gasteiger partial charge in [-0.2, -0.15) is 5.10 Å².